The third-order valence-electron chi connectivity index (χ3n) is 9.05. The number of alkyl halides is 13. The van der Waals surface area contributed by atoms with Gasteiger partial charge in [0.15, 0.2) is 23.3 Å². The summed E-state index contributed by atoms with van der Waals surface area (Å²) in [5, 5.41) is 16.0. The summed E-state index contributed by atoms with van der Waals surface area (Å²) >= 11 is 12.1. The van der Waals surface area contributed by atoms with Gasteiger partial charge in [0.1, 0.15) is 11.0 Å². The predicted molar refractivity (Wildman–Crippen MR) is 201 cm³/mol. The van der Waals surface area contributed by atoms with E-state index in [1.54, 1.807) is 66.0 Å². The standard InChI is InChI=1S/C22H13ClF7N3.C17H10ClF8N3/c23-17-15(12-4-2-1-3-5-12)9-16-19(18(17)24)32-33-20(16)31-10-11-6-13(21(25,26)27)8-14(7-11)22(28,29)30;18-11-9(8-4-2-1-3-5-8)6-10-13(12(11)19)28-29-14(10)27-7-15(20,21)16(22,23)17(24,25)26/h1-9H,10H2,(H2,31,32,33);1-6H,7H2,(H2,27,28,29). The van der Waals surface area contributed by atoms with E-state index in [0.717, 1.165) is 0 Å². The first-order valence-corrected chi connectivity index (χ1v) is 18.0. The first kappa shape index (κ1) is 45.7. The topological polar surface area (TPSA) is 81.4 Å². The smallest absolute Gasteiger partial charge is 0.364 e. The molecule has 6 nitrogen and oxygen atoms in total. The van der Waals surface area contributed by atoms with Gasteiger partial charge in [0.2, 0.25) is 0 Å². The number of aromatic nitrogens is 4. The second kappa shape index (κ2) is 16.8. The molecule has 0 radical (unpaired) electrons. The molecule has 0 saturated carbocycles. The van der Waals surface area contributed by atoms with E-state index < -0.39 is 72.0 Å². The van der Waals surface area contributed by atoms with Crippen LogP contribution in [0.5, 0.6) is 0 Å². The molecular formula is C39H23Cl2F15N6. The molecule has 0 unspecified atom stereocenters. The molecule has 62 heavy (non-hydrogen) atoms. The minimum absolute atomic E-state index is 0.0451. The molecule has 23 heteroatoms. The molecule has 0 fully saturated rings. The van der Waals surface area contributed by atoms with Crippen LogP contribution < -0.4 is 10.6 Å². The van der Waals surface area contributed by atoms with Crippen molar-refractivity contribution in [2.24, 2.45) is 0 Å². The third kappa shape index (κ3) is 9.18. The molecule has 0 aliphatic rings. The van der Waals surface area contributed by atoms with E-state index in [0.29, 0.717) is 28.8 Å². The zero-order valence-electron chi connectivity index (χ0n) is 30.4. The molecule has 0 atom stereocenters. The molecule has 0 saturated heterocycles. The Balaban J connectivity index is 0.000000209. The zero-order valence-corrected chi connectivity index (χ0v) is 31.9. The van der Waals surface area contributed by atoms with Gasteiger partial charge in [-0.3, -0.25) is 10.2 Å². The molecule has 0 aliphatic heterocycles. The van der Waals surface area contributed by atoms with Crippen LogP contribution >= 0.6 is 23.2 Å². The second-order valence-electron chi connectivity index (χ2n) is 13.2. The number of H-pyrrole nitrogens is 2. The van der Waals surface area contributed by atoms with Gasteiger partial charge >= 0.3 is 30.4 Å². The van der Waals surface area contributed by atoms with Gasteiger partial charge in [-0.25, -0.2) is 8.78 Å². The fraction of sp³-hybridized carbons (Fsp3) is 0.179. The SMILES string of the molecule is Fc1c(Cl)c(-c2ccccc2)cc2c(NCC(F)(F)C(F)(F)C(F)(F)F)n[nH]c12.Fc1c(Cl)c(-c2ccccc2)cc2c(NCc3cc(C(F)(F)F)cc(C(F)(F)F)c3)n[nH]c12. The normalized spacial score (nSPS) is 12.7. The minimum atomic E-state index is -6.45. The van der Waals surface area contributed by atoms with Crippen LogP contribution in [0.2, 0.25) is 10.0 Å². The highest BCUT2D eigenvalue weighted by molar-refractivity contribution is 6.35. The Bertz CT molecular complexity index is 2680. The number of fused-ring (bicyclic) bond motifs is 2. The fourth-order valence-electron chi connectivity index (χ4n) is 5.93. The van der Waals surface area contributed by atoms with E-state index in [1.807, 2.05) is 0 Å². The van der Waals surface area contributed by atoms with Crippen molar-refractivity contribution in [1.82, 2.24) is 20.4 Å². The number of hydrogen-bond acceptors (Lipinski definition) is 4. The average Bonchev–Trinajstić information content (AvgIpc) is 3.82. The van der Waals surface area contributed by atoms with Crippen LogP contribution in [0.3, 0.4) is 0 Å². The van der Waals surface area contributed by atoms with E-state index in [9.17, 15) is 65.9 Å². The Hall–Kier alpha value is -5.83. The Morgan fingerprint density at radius 3 is 1.32 bits per heavy atom. The number of rotatable bonds is 9. The quantitative estimate of drug-likeness (QED) is 0.109. The molecule has 0 spiro atoms. The third-order valence-corrected chi connectivity index (χ3v) is 9.79. The lowest BCUT2D eigenvalue weighted by atomic mass is 10.0. The van der Waals surface area contributed by atoms with Crippen LogP contribution in [-0.2, 0) is 18.9 Å². The van der Waals surface area contributed by atoms with E-state index in [1.165, 1.54) is 12.1 Å². The van der Waals surface area contributed by atoms with Crippen LogP contribution in [-0.4, -0.2) is 45.0 Å². The Morgan fingerprint density at radius 2 is 0.935 bits per heavy atom. The van der Waals surface area contributed by atoms with Crippen LogP contribution in [0.25, 0.3) is 44.1 Å². The molecule has 5 aromatic carbocycles. The number of aromatic amines is 2. The maximum atomic E-state index is 14.8. The van der Waals surface area contributed by atoms with Gasteiger partial charge in [-0.1, -0.05) is 83.9 Å². The summed E-state index contributed by atoms with van der Waals surface area (Å²) in [6.07, 6.45) is -16.4. The van der Waals surface area contributed by atoms with Crippen molar-refractivity contribution in [3.8, 4) is 22.3 Å². The Morgan fingerprint density at radius 1 is 0.532 bits per heavy atom. The minimum Gasteiger partial charge on any atom is -0.364 e. The number of halogens is 17. The Kier molecular flexibility index (Phi) is 12.4. The van der Waals surface area contributed by atoms with E-state index in [4.69, 9.17) is 23.2 Å². The fourth-order valence-corrected chi connectivity index (χ4v) is 6.45. The first-order valence-electron chi connectivity index (χ1n) is 17.2. The molecule has 0 amide bonds. The van der Waals surface area contributed by atoms with Crippen molar-refractivity contribution in [2.45, 2.75) is 36.9 Å². The number of anilines is 2. The van der Waals surface area contributed by atoms with Gasteiger partial charge in [-0.15, -0.1) is 0 Å². The number of nitrogens with zero attached hydrogens (tertiary/aromatic N) is 2. The maximum absolute atomic E-state index is 14.8. The lowest BCUT2D eigenvalue weighted by Crippen LogP contribution is -2.55. The largest absolute Gasteiger partial charge is 0.459 e. The zero-order chi connectivity index (χ0) is 45.6. The number of nitrogens with one attached hydrogen (secondary N) is 4. The lowest BCUT2D eigenvalue weighted by Gasteiger charge is -2.28. The summed E-state index contributed by atoms with van der Waals surface area (Å²) in [6.45, 7) is -2.51. The lowest BCUT2D eigenvalue weighted by molar-refractivity contribution is -0.350. The summed E-state index contributed by atoms with van der Waals surface area (Å²) in [7, 11) is 0. The van der Waals surface area contributed by atoms with Crippen molar-refractivity contribution >= 4 is 56.6 Å². The van der Waals surface area contributed by atoms with Crippen molar-refractivity contribution in [2.75, 3.05) is 17.2 Å². The summed E-state index contributed by atoms with van der Waals surface area (Å²) in [5.74, 6) is -14.0. The summed E-state index contributed by atoms with van der Waals surface area (Å²) in [4.78, 5) is 0. The van der Waals surface area contributed by atoms with Crippen LogP contribution in [0.4, 0.5) is 77.5 Å². The molecule has 328 valence electrons. The highest BCUT2D eigenvalue weighted by atomic mass is 35.5. The van der Waals surface area contributed by atoms with Crippen molar-refractivity contribution < 1.29 is 65.9 Å². The van der Waals surface area contributed by atoms with Gasteiger partial charge in [0, 0.05) is 28.4 Å². The van der Waals surface area contributed by atoms with E-state index >= 15 is 0 Å². The van der Waals surface area contributed by atoms with Gasteiger partial charge < -0.3 is 10.6 Å². The molecule has 2 heterocycles. The highest BCUT2D eigenvalue weighted by Crippen LogP contribution is 2.47. The maximum Gasteiger partial charge on any atom is 0.459 e. The molecule has 0 bridgehead atoms. The predicted octanol–water partition coefficient (Wildman–Crippen LogP) is 13.9. The van der Waals surface area contributed by atoms with Crippen LogP contribution in [0, 0.1) is 11.6 Å². The Labute approximate surface area is 348 Å². The van der Waals surface area contributed by atoms with Crippen molar-refractivity contribution in [1.29, 1.82) is 0 Å². The van der Waals surface area contributed by atoms with Crippen molar-refractivity contribution in [3.05, 3.63) is 129 Å². The van der Waals surface area contributed by atoms with Gasteiger partial charge in [0.25, 0.3) is 0 Å². The second-order valence-corrected chi connectivity index (χ2v) is 14.0. The van der Waals surface area contributed by atoms with Gasteiger partial charge in [-0.05, 0) is 47.0 Å². The number of hydrogen-bond donors (Lipinski definition) is 4. The summed E-state index contributed by atoms with van der Waals surface area (Å²) < 4.78 is 198. The van der Waals surface area contributed by atoms with Gasteiger partial charge in [-0.2, -0.15) is 67.3 Å². The summed E-state index contributed by atoms with van der Waals surface area (Å²) in [6, 6.07) is 20.8. The van der Waals surface area contributed by atoms with E-state index in [2.05, 4.69) is 25.7 Å². The molecule has 0 aliphatic carbocycles. The summed E-state index contributed by atoms with van der Waals surface area (Å²) in [5.41, 5.74) is -1.94. The molecule has 7 aromatic rings. The molecule has 7 rings (SSSR count). The number of benzene rings is 5. The molecule has 4 N–H and O–H groups in total. The van der Waals surface area contributed by atoms with Gasteiger partial charge in [0.05, 0.1) is 27.7 Å². The average molecular weight is 932 g/mol. The first-order chi connectivity index (χ1) is 28.8. The molecule has 2 aromatic heterocycles. The van der Waals surface area contributed by atoms with Crippen LogP contribution in [0.15, 0.2) is 91.0 Å². The van der Waals surface area contributed by atoms with Crippen LogP contribution in [0.1, 0.15) is 16.7 Å². The monoisotopic (exact) mass is 930 g/mol. The van der Waals surface area contributed by atoms with Crippen molar-refractivity contribution in [3.63, 3.8) is 0 Å². The van der Waals surface area contributed by atoms with E-state index in [-0.39, 0.29) is 54.9 Å². The highest BCUT2D eigenvalue weighted by Gasteiger charge is 2.72. The molecular weight excluding hydrogens is 908 g/mol.